The van der Waals surface area contributed by atoms with E-state index in [0.717, 1.165) is 0 Å². The number of aromatic hydroxyl groups is 1. The summed E-state index contributed by atoms with van der Waals surface area (Å²) in [5, 5.41) is 12.3. The van der Waals surface area contributed by atoms with Crippen molar-refractivity contribution in [2.75, 3.05) is 5.32 Å². The number of rotatable bonds is 5. The van der Waals surface area contributed by atoms with Crippen LogP contribution >= 0.6 is 0 Å². The number of benzene rings is 2. The number of nitrogens with one attached hydrogen (secondary N) is 1. The van der Waals surface area contributed by atoms with E-state index in [1.165, 1.54) is 23.7 Å². The molecule has 0 unspecified atom stereocenters. The van der Waals surface area contributed by atoms with Gasteiger partial charge >= 0.3 is 5.97 Å². The van der Waals surface area contributed by atoms with Crippen molar-refractivity contribution in [3.05, 3.63) is 76.2 Å². The molecular formula is C21H21N3O5. The Hall–Kier alpha value is -3.81. The summed E-state index contributed by atoms with van der Waals surface area (Å²) in [7, 11) is 1.71. The number of carbonyl (C=O) groups excluding carboxylic acids is 2. The number of carbonyl (C=O) groups is 2. The Morgan fingerprint density at radius 3 is 2.34 bits per heavy atom. The van der Waals surface area contributed by atoms with Crippen LogP contribution in [0.25, 0.3) is 5.69 Å². The highest BCUT2D eigenvalue weighted by atomic mass is 16.5. The summed E-state index contributed by atoms with van der Waals surface area (Å²) in [6.07, 6.45) is -1.17. The van der Waals surface area contributed by atoms with E-state index >= 15 is 0 Å². The van der Waals surface area contributed by atoms with Gasteiger partial charge in [-0.25, -0.2) is 9.48 Å². The number of ether oxygens (including phenoxy) is 1. The smallest absolute Gasteiger partial charge is 0.342 e. The lowest BCUT2D eigenvalue weighted by Gasteiger charge is -2.13. The van der Waals surface area contributed by atoms with Gasteiger partial charge in [-0.15, -0.1) is 0 Å². The third kappa shape index (κ3) is 3.91. The Bertz CT molecular complexity index is 1120. The van der Waals surface area contributed by atoms with E-state index in [2.05, 4.69) is 5.32 Å². The maximum absolute atomic E-state index is 12.8. The Kier molecular flexibility index (Phi) is 5.54. The van der Waals surface area contributed by atoms with Gasteiger partial charge in [0.05, 0.1) is 11.4 Å². The molecule has 0 fully saturated rings. The summed E-state index contributed by atoms with van der Waals surface area (Å²) < 4.78 is 8.19. The van der Waals surface area contributed by atoms with Crippen molar-refractivity contribution < 1.29 is 19.4 Å². The monoisotopic (exact) mass is 395 g/mol. The molecule has 0 aliphatic carbocycles. The number of phenolic OH excluding ortho intramolecular Hbond substituents is 1. The van der Waals surface area contributed by atoms with E-state index in [0.29, 0.717) is 11.4 Å². The number of nitrogens with zero attached hydrogens (tertiary/aromatic N) is 2. The molecule has 2 aromatic carbocycles. The average molecular weight is 395 g/mol. The predicted octanol–water partition coefficient (Wildman–Crippen LogP) is 2.37. The highest BCUT2D eigenvalue weighted by Crippen LogP contribution is 2.18. The summed E-state index contributed by atoms with van der Waals surface area (Å²) >= 11 is 0. The molecule has 150 valence electrons. The number of amides is 1. The molecule has 0 saturated carbocycles. The van der Waals surface area contributed by atoms with Gasteiger partial charge in [0.2, 0.25) is 0 Å². The molecule has 0 aliphatic heterocycles. The third-order valence-corrected chi connectivity index (χ3v) is 4.58. The molecule has 3 rings (SSSR count). The van der Waals surface area contributed by atoms with Crippen LogP contribution in [-0.2, 0) is 16.6 Å². The van der Waals surface area contributed by atoms with Gasteiger partial charge in [-0.1, -0.05) is 30.3 Å². The summed E-state index contributed by atoms with van der Waals surface area (Å²) in [6.45, 7) is 3.09. The predicted molar refractivity (Wildman–Crippen MR) is 107 cm³/mol. The largest absolute Gasteiger partial charge is 0.507 e. The first-order valence-corrected chi connectivity index (χ1v) is 8.95. The van der Waals surface area contributed by atoms with E-state index < -0.39 is 23.5 Å². The van der Waals surface area contributed by atoms with Crippen LogP contribution in [0.1, 0.15) is 23.0 Å². The highest BCUT2D eigenvalue weighted by molar-refractivity contribution is 5.98. The second-order valence-corrected chi connectivity index (χ2v) is 6.49. The minimum atomic E-state index is -1.17. The summed E-state index contributed by atoms with van der Waals surface area (Å²) in [6, 6.07) is 14.9. The average Bonchev–Trinajstić information content (AvgIpc) is 2.92. The van der Waals surface area contributed by atoms with E-state index in [1.807, 2.05) is 18.2 Å². The molecule has 0 radical (unpaired) electrons. The molecule has 29 heavy (non-hydrogen) atoms. The summed E-state index contributed by atoms with van der Waals surface area (Å²) in [4.78, 5) is 37.5. The zero-order valence-corrected chi connectivity index (χ0v) is 16.2. The molecule has 1 heterocycles. The SMILES string of the molecule is Cc1c(NC(=O)[C@@H](C)OC(=O)c2ccccc2O)c(=O)n(-c2ccccc2)n1C. The number of hydrogen-bond acceptors (Lipinski definition) is 5. The Labute approximate surface area is 166 Å². The third-order valence-electron chi connectivity index (χ3n) is 4.58. The van der Waals surface area contributed by atoms with Gasteiger partial charge in [0, 0.05) is 7.05 Å². The summed E-state index contributed by atoms with van der Waals surface area (Å²) in [5.41, 5.74) is 0.860. The molecule has 0 spiro atoms. The first-order valence-electron chi connectivity index (χ1n) is 8.95. The maximum Gasteiger partial charge on any atom is 0.342 e. The Morgan fingerprint density at radius 2 is 1.69 bits per heavy atom. The van der Waals surface area contributed by atoms with Crippen molar-refractivity contribution in [2.45, 2.75) is 20.0 Å². The second kappa shape index (κ2) is 8.05. The molecule has 8 heteroatoms. The van der Waals surface area contributed by atoms with Crippen LogP contribution in [0, 0.1) is 6.92 Å². The van der Waals surface area contributed by atoms with Crippen molar-refractivity contribution in [1.29, 1.82) is 0 Å². The van der Waals surface area contributed by atoms with Gasteiger partial charge in [-0.3, -0.25) is 14.3 Å². The second-order valence-electron chi connectivity index (χ2n) is 6.49. The van der Waals surface area contributed by atoms with Gasteiger partial charge < -0.3 is 15.2 Å². The first-order chi connectivity index (χ1) is 13.8. The molecule has 3 aromatic rings. The van der Waals surface area contributed by atoms with E-state index in [4.69, 9.17) is 4.74 Å². The number of phenols is 1. The van der Waals surface area contributed by atoms with Gasteiger partial charge in [0.15, 0.2) is 6.10 Å². The van der Waals surface area contributed by atoms with Crippen molar-refractivity contribution in [3.8, 4) is 11.4 Å². The number of esters is 1. The fourth-order valence-corrected chi connectivity index (χ4v) is 2.86. The molecule has 0 bridgehead atoms. The van der Waals surface area contributed by atoms with Crippen molar-refractivity contribution in [1.82, 2.24) is 9.36 Å². The standard InChI is InChI=1S/C21H21N3O5/c1-13-18(20(27)24(23(13)3)15-9-5-4-6-10-15)22-19(26)14(2)29-21(28)16-11-7-8-12-17(16)25/h4-12,14,25H,1-3H3,(H,22,26)/t14-/m1/s1. The molecule has 0 saturated heterocycles. The minimum Gasteiger partial charge on any atom is -0.507 e. The molecule has 0 aliphatic rings. The van der Waals surface area contributed by atoms with Gasteiger partial charge in [-0.2, -0.15) is 0 Å². The Balaban J connectivity index is 1.80. The van der Waals surface area contributed by atoms with Crippen LogP contribution in [0.3, 0.4) is 0 Å². The minimum absolute atomic E-state index is 0.0468. The van der Waals surface area contributed by atoms with Crippen molar-refractivity contribution >= 4 is 17.6 Å². The number of hydrogen-bond donors (Lipinski definition) is 2. The van der Waals surface area contributed by atoms with Crippen LogP contribution in [0.15, 0.2) is 59.4 Å². The normalized spacial score (nSPS) is 11.7. The van der Waals surface area contributed by atoms with Crippen LogP contribution in [-0.4, -0.2) is 32.5 Å². The topological polar surface area (TPSA) is 103 Å². The van der Waals surface area contributed by atoms with Crippen LogP contribution < -0.4 is 10.9 Å². The number of para-hydroxylation sites is 2. The molecule has 2 N–H and O–H groups in total. The van der Waals surface area contributed by atoms with Gasteiger partial charge in [0.1, 0.15) is 17.0 Å². The zero-order chi connectivity index (χ0) is 21.1. The fourth-order valence-electron chi connectivity index (χ4n) is 2.86. The Morgan fingerprint density at radius 1 is 1.07 bits per heavy atom. The van der Waals surface area contributed by atoms with Crippen LogP contribution in [0.2, 0.25) is 0 Å². The quantitative estimate of drug-likeness (QED) is 0.646. The van der Waals surface area contributed by atoms with Gasteiger partial charge in [-0.05, 0) is 38.1 Å². The lowest BCUT2D eigenvalue weighted by molar-refractivity contribution is -0.123. The van der Waals surface area contributed by atoms with Crippen LogP contribution in [0.4, 0.5) is 5.69 Å². The fraction of sp³-hybridized carbons (Fsp3) is 0.190. The molecule has 8 nitrogen and oxygen atoms in total. The van der Waals surface area contributed by atoms with Gasteiger partial charge in [0.25, 0.3) is 11.5 Å². The van der Waals surface area contributed by atoms with E-state index in [1.54, 1.807) is 42.9 Å². The molecule has 1 aromatic heterocycles. The zero-order valence-electron chi connectivity index (χ0n) is 16.2. The number of aromatic nitrogens is 2. The molecule has 1 atom stereocenters. The lowest BCUT2D eigenvalue weighted by atomic mass is 10.2. The van der Waals surface area contributed by atoms with E-state index in [9.17, 15) is 19.5 Å². The maximum atomic E-state index is 12.8. The van der Waals surface area contributed by atoms with Crippen molar-refractivity contribution in [2.24, 2.45) is 7.05 Å². The first kappa shape index (κ1) is 19.9. The van der Waals surface area contributed by atoms with Crippen LogP contribution in [0.5, 0.6) is 5.75 Å². The molecular weight excluding hydrogens is 374 g/mol. The lowest BCUT2D eigenvalue weighted by Crippen LogP contribution is -2.32. The molecule has 1 amide bonds. The highest BCUT2D eigenvalue weighted by Gasteiger charge is 2.24. The van der Waals surface area contributed by atoms with Crippen molar-refractivity contribution in [3.63, 3.8) is 0 Å². The van der Waals surface area contributed by atoms with E-state index in [-0.39, 0.29) is 17.0 Å². The summed E-state index contributed by atoms with van der Waals surface area (Å²) in [5.74, 6) is -1.73. The number of anilines is 1.